The van der Waals surface area contributed by atoms with E-state index in [1.807, 2.05) is 31.2 Å². The average Bonchev–Trinajstić information content (AvgIpc) is 2.84. The van der Waals surface area contributed by atoms with Gasteiger partial charge in [-0.15, -0.1) is 0 Å². The zero-order chi connectivity index (χ0) is 25.4. The number of amides is 1. The number of rotatable bonds is 10. The van der Waals surface area contributed by atoms with E-state index in [0.717, 1.165) is 29.7 Å². The van der Waals surface area contributed by atoms with Gasteiger partial charge in [0.15, 0.2) is 0 Å². The summed E-state index contributed by atoms with van der Waals surface area (Å²) in [6, 6.07) is 19.3. The highest BCUT2D eigenvalue weighted by atomic mass is 19.4. The molecule has 1 atom stereocenters. The molecule has 0 aromatic heterocycles. The van der Waals surface area contributed by atoms with Crippen molar-refractivity contribution in [1.29, 1.82) is 0 Å². The molecule has 3 rings (SSSR count). The highest BCUT2D eigenvalue weighted by Gasteiger charge is 2.29. The smallest absolute Gasteiger partial charge is 0.416 e. The van der Waals surface area contributed by atoms with E-state index in [0.29, 0.717) is 23.3 Å². The molecule has 0 aliphatic heterocycles. The number of alkyl halides is 3. The Balaban J connectivity index is 1.57. The van der Waals surface area contributed by atoms with E-state index in [4.69, 9.17) is 9.84 Å². The molecule has 5 nitrogen and oxygen atoms in total. The van der Waals surface area contributed by atoms with E-state index in [2.05, 4.69) is 5.32 Å². The zero-order valence-electron chi connectivity index (χ0n) is 19.1. The van der Waals surface area contributed by atoms with Crippen LogP contribution in [-0.2, 0) is 17.4 Å². The van der Waals surface area contributed by atoms with Gasteiger partial charge in [0, 0.05) is 18.5 Å². The summed E-state index contributed by atoms with van der Waals surface area (Å²) < 4.78 is 44.3. The first-order valence-electron chi connectivity index (χ1n) is 11.2. The van der Waals surface area contributed by atoms with Crippen molar-refractivity contribution < 1.29 is 32.6 Å². The van der Waals surface area contributed by atoms with Crippen molar-refractivity contribution in [3.05, 3.63) is 89.5 Å². The predicted octanol–water partition coefficient (Wildman–Crippen LogP) is 5.98. The Morgan fingerprint density at radius 3 is 2.00 bits per heavy atom. The third-order valence-electron chi connectivity index (χ3n) is 5.46. The minimum atomic E-state index is -4.35. The molecule has 0 saturated heterocycles. The van der Waals surface area contributed by atoms with Crippen molar-refractivity contribution in [1.82, 2.24) is 5.32 Å². The van der Waals surface area contributed by atoms with E-state index >= 15 is 0 Å². The van der Waals surface area contributed by atoms with Crippen LogP contribution >= 0.6 is 0 Å². The molecule has 2 N–H and O–H groups in total. The molecular formula is C27H26F3NO4. The van der Waals surface area contributed by atoms with Crippen LogP contribution < -0.4 is 10.1 Å². The number of benzene rings is 3. The van der Waals surface area contributed by atoms with Crippen LogP contribution in [0.1, 0.15) is 41.3 Å². The Labute approximate surface area is 201 Å². The van der Waals surface area contributed by atoms with Crippen molar-refractivity contribution in [2.24, 2.45) is 0 Å². The minimum Gasteiger partial charge on any atom is -0.490 e. The Morgan fingerprint density at radius 1 is 0.914 bits per heavy atom. The highest BCUT2D eigenvalue weighted by molar-refractivity contribution is 5.94. The molecule has 3 aromatic carbocycles. The van der Waals surface area contributed by atoms with E-state index in [1.165, 1.54) is 12.1 Å². The Kier molecular flexibility index (Phi) is 8.52. The first-order chi connectivity index (χ1) is 16.7. The lowest BCUT2D eigenvalue weighted by molar-refractivity contribution is -0.138. The average molecular weight is 486 g/mol. The van der Waals surface area contributed by atoms with Crippen LogP contribution in [-0.4, -0.2) is 29.6 Å². The van der Waals surface area contributed by atoms with Gasteiger partial charge in [-0.25, -0.2) is 0 Å². The minimum absolute atomic E-state index is 0.0575. The van der Waals surface area contributed by atoms with Gasteiger partial charge in [0.2, 0.25) is 0 Å². The van der Waals surface area contributed by atoms with Crippen molar-refractivity contribution in [3.63, 3.8) is 0 Å². The maximum atomic E-state index is 12.8. The van der Waals surface area contributed by atoms with Crippen LogP contribution in [0.3, 0.4) is 0 Å². The Hall–Kier alpha value is -3.81. The van der Waals surface area contributed by atoms with Gasteiger partial charge >= 0.3 is 12.1 Å². The largest absolute Gasteiger partial charge is 0.490 e. The molecule has 184 valence electrons. The SMILES string of the molecule is CCC(Cc1ccc(-c2ccc(C(F)(F)F)cc2)cc1)Oc1ccc(C(=O)NCCC(=O)O)cc1. The predicted molar refractivity (Wildman–Crippen MR) is 126 cm³/mol. The molecule has 8 heteroatoms. The summed E-state index contributed by atoms with van der Waals surface area (Å²) in [6.45, 7) is 2.06. The number of carboxylic acids is 1. The lowest BCUT2D eigenvalue weighted by Gasteiger charge is -2.18. The van der Waals surface area contributed by atoms with Crippen LogP contribution in [0, 0.1) is 0 Å². The number of carboxylic acid groups (broad SMARTS) is 1. The number of hydrogen-bond acceptors (Lipinski definition) is 3. The maximum Gasteiger partial charge on any atom is 0.416 e. The number of aliphatic carboxylic acids is 1. The molecule has 35 heavy (non-hydrogen) atoms. The summed E-state index contributed by atoms with van der Waals surface area (Å²) in [5.74, 6) is -0.716. The van der Waals surface area contributed by atoms with Crippen molar-refractivity contribution in [2.45, 2.75) is 38.5 Å². The summed E-state index contributed by atoms with van der Waals surface area (Å²) in [7, 11) is 0. The standard InChI is InChI=1S/C27H26F3NO4/c1-2-23(35-24-13-9-21(10-14-24)26(34)31-16-15-25(32)33)17-18-3-5-19(6-4-18)20-7-11-22(12-8-20)27(28,29)30/h3-14,23H,2,15-17H2,1H3,(H,31,34)(H,32,33). The van der Waals surface area contributed by atoms with Gasteiger partial charge in [0.05, 0.1) is 12.0 Å². The number of carbonyl (C=O) groups is 2. The van der Waals surface area contributed by atoms with Crippen LogP contribution in [0.2, 0.25) is 0 Å². The van der Waals surface area contributed by atoms with Gasteiger partial charge in [-0.05, 0) is 59.5 Å². The van der Waals surface area contributed by atoms with Crippen molar-refractivity contribution in [3.8, 4) is 16.9 Å². The van der Waals surface area contributed by atoms with Crippen LogP contribution in [0.4, 0.5) is 13.2 Å². The lowest BCUT2D eigenvalue weighted by atomic mass is 10.00. The fourth-order valence-electron chi connectivity index (χ4n) is 3.48. The van der Waals surface area contributed by atoms with E-state index in [1.54, 1.807) is 24.3 Å². The first-order valence-corrected chi connectivity index (χ1v) is 11.2. The van der Waals surface area contributed by atoms with Crippen LogP contribution in [0.25, 0.3) is 11.1 Å². The van der Waals surface area contributed by atoms with Crippen molar-refractivity contribution >= 4 is 11.9 Å². The molecule has 0 spiro atoms. The fourth-order valence-corrected chi connectivity index (χ4v) is 3.48. The molecule has 3 aromatic rings. The molecule has 1 amide bonds. The maximum absolute atomic E-state index is 12.8. The van der Waals surface area contributed by atoms with Gasteiger partial charge in [-0.2, -0.15) is 13.2 Å². The molecular weight excluding hydrogens is 459 g/mol. The summed E-state index contributed by atoms with van der Waals surface area (Å²) in [5.41, 5.74) is 2.30. The second-order valence-corrected chi connectivity index (χ2v) is 8.05. The quantitative estimate of drug-likeness (QED) is 0.371. The Bertz CT molecular complexity index is 1130. The number of halogens is 3. The van der Waals surface area contributed by atoms with Crippen LogP contribution in [0.15, 0.2) is 72.8 Å². The summed E-state index contributed by atoms with van der Waals surface area (Å²) in [4.78, 5) is 22.6. The third kappa shape index (κ3) is 7.60. The fraction of sp³-hybridized carbons (Fsp3) is 0.259. The van der Waals surface area contributed by atoms with Gasteiger partial charge in [-0.3, -0.25) is 9.59 Å². The number of carbonyl (C=O) groups excluding carboxylic acids is 1. The monoisotopic (exact) mass is 485 g/mol. The molecule has 0 radical (unpaired) electrons. The first kappa shape index (κ1) is 25.8. The van der Waals surface area contributed by atoms with E-state index in [-0.39, 0.29) is 25.0 Å². The van der Waals surface area contributed by atoms with Gasteiger partial charge in [-0.1, -0.05) is 43.3 Å². The molecule has 0 fully saturated rings. The third-order valence-corrected chi connectivity index (χ3v) is 5.46. The lowest BCUT2D eigenvalue weighted by Crippen LogP contribution is -2.26. The number of hydrogen-bond donors (Lipinski definition) is 2. The molecule has 0 heterocycles. The number of nitrogens with one attached hydrogen (secondary N) is 1. The number of ether oxygens (including phenoxy) is 1. The molecule has 0 bridgehead atoms. The summed E-state index contributed by atoms with van der Waals surface area (Å²) >= 11 is 0. The van der Waals surface area contributed by atoms with Gasteiger partial charge in [0.1, 0.15) is 11.9 Å². The Morgan fingerprint density at radius 2 is 1.49 bits per heavy atom. The molecule has 1 unspecified atom stereocenters. The summed E-state index contributed by atoms with van der Waals surface area (Å²) in [6.07, 6.45) is -3.22. The normalized spacial score (nSPS) is 12.1. The summed E-state index contributed by atoms with van der Waals surface area (Å²) in [5, 5.41) is 11.2. The van der Waals surface area contributed by atoms with Gasteiger partial charge < -0.3 is 15.2 Å². The van der Waals surface area contributed by atoms with E-state index in [9.17, 15) is 22.8 Å². The second kappa shape index (κ2) is 11.6. The van der Waals surface area contributed by atoms with Gasteiger partial charge in [0.25, 0.3) is 5.91 Å². The molecule has 0 aliphatic rings. The van der Waals surface area contributed by atoms with E-state index < -0.39 is 17.7 Å². The molecule has 0 saturated carbocycles. The molecule has 0 aliphatic carbocycles. The van der Waals surface area contributed by atoms with Crippen molar-refractivity contribution in [2.75, 3.05) is 6.54 Å². The topological polar surface area (TPSA) is 75.6 Å². The second-order valence-electron chi connectivity index (χ2n) is 8.05. The zero-order valence-corrected chi connectivity index (χ0v) is 19.1. The van der Waals surface area contributed by atoms with Crippen LogP contribution in [0.5, 0.6) is 5.75 Å². The highest BCUT2D eigenvalue weighted by Crippen LogP contribution is 2.31.